The molecule has 4 nitrogen and oxygen atoms in total. The number of hydrogen-bond donors (Lipinski definition) is 1. The molecule has 88 valence electrons. The lowest BCUT2D eigenvalue weighted by Gasteiger charge is -2.15. The highest BCUT2D eigenvalue weighted by Gasteiger charge is 2.35. The summed E-state index contributed by atoms with van der Waals surface area (Å²) in [7, 11) is 0. The highest BCUT2D eigenvalue weighted by atomic mass is 19.1. The molecule has 0 spiro atoms. The number of aryl methyl sites for hydroxylation is 1. The standard InChI is InChI=1S/C11H16FN3O/c1-3-16-9(7-4-5-7)11-14-6(2)8(12)10(13)15-11/h7,9H,3-5H2,1-2H3,(H2,13,14,15). The third kappa shape index (κ3) is 2.14. The van der Waals surface area contributed by atoms with Crippen LogP contribution >= 0.6 is 0 Å². The van der Waals surface area contributed by atoms with E-state index in [1.165, 1.54) is 0 Å². The van der Waals surface area contributed by atoms with Gasteiger partial charge in [-0.15, -0.1) is 0 Å². The number of anilines is 1. The largest absolute Gasteiger partial charge is 0.381 e. The summed E-state index contributed by atoms with van der Waals surface area (Å²) in [5, 5.41) is 0. The molecule has 1 fully saturated rings. The smallest absolute Gasteiger partial charge is 0.186 e. The van der Waals surface area contributed by atoms with Gasteiger partial charge < -0.3 is 10.5 Å². The molecular formula is C11H16FN3O. The Labute approximate surface area is 94.0 Å². The van der Waals surface area contributed by atoms with Crippen molar-refractivity contribution in [1.29, 1.82) is 0 Å². The minimum Gasteiger partial charge on any atom is -0.381 e. The second kappa shape index (κ2) is 4.33. The van der Waals surface area contributed by atoms with E-state index >= 15 is 0 Å². The Kier molecular flexibility index (Phi) is 3.05. The minimum absolute atomic E-state index is 0.0900. The van der Waals surface area contributed by atoms with Gasteiger partial charge in [-0.3, -0.25) is 0 Å². The number of hydrogen-bond acceptors (Lipinski definition) is 4. The molecule has 1 aliphatic rings. The predicted octanol–water partition coefficient (Wildman–Crippen LogP) is 1.99. The number of nitrogens with two attached hydrogens (primary N) is 1. The minimum atomic E-state index is -0.533. The van der Waals surface area contributed by atoms with Crippen LogP contribution in [-0.4, -0.2) is 16.6 Å². The molecule has 2 rings (SSSR count). The number of ether oxygens (including phenoxy) is 1. The Morgan fingerprint density at radius 1 is 1.50 bits per heavy atom. The first-order valence-electron chi connectivity index (χ1n) is 5.54. The monoisotopic (exact) mass is 225 g/mol. The third-order valence-corrected chi connectivity index (χ3v) is 2.71. The van der Waals surface area contributed by atoms with Gasteiger partial charge >= 0.3 is 0 Å². The fourth-order valence-corrected chi connectivity index (χ4v) is 1.73. The summed E-state index contributed by atoms with van der Waals surface area (Å²) in [5.41, 5.74) is 5.78. The number of aromatic nitrogens is 2. The maximum atomic E-state index is 13.3. The van der Waals surface area contributed by atoms with Gasteiger partial charge in [-0.25, -0.2) is 14.4 Å². The maximum absolute atomic E-state index is 13.3. The van der Waals surface area contributed by atoms with Crippen molar-refractivity contribution in [3.8, 4) is 0 Å². The van der Waals surface area contributed by atoms with Crippen LogP contribution < -0.4 is 5.73 Å². The van der Waals surface area contributed by atoms with E-state index in [1.807, 2.05) is 6.92 Å². The zero-order valence-corrected chi connectivity index (χ0v) is 9.53. The van der Waals surface area contributed by atoms with Crippen molar-refractivity contribution < 1.29 is 9.13 Å². The molecule has 1 heterocycles. The van der Waals surface area contributed by atoms with E-state index in [4.69, 9.17) is 10.5 Å². The van der Waals surface area contributed by atoms with Gasteiger partial charge in [0, 0.05) is 6.61 Å². The Bertz CT molecular complexity index is 370. The van der Waals surface area contributed by atoms with E-state index in [1.54, 1.807) is 6.92 Å². The van der Waals surface area contributed by atoms with Gasteiger partial charge in [-0.2, -0.15) is 0 Å². The average Bonchev–Trinajstić information content (AvgIpc) is 3.05. The molecule has 2 N–H and O–H groups in total. The Morgan fingerprint density at radius 3 is 2.69 bits per heavy atom. The molecule has 5 heteroatoms. The molecule has 1 aliphatic carbocycles. The summed E-state index contributed by atoms with van der Waals surface area (Å²) in [6, 6.07) is 0. The van der Waals surface area contributed by atoms with Gasteiger partial charge in [0.25, 0.3) is 0 Å². The van der Waals surface area contributed by atoms with Crippen LogP contribution in [0.15, 0.2) is 0 Å². The normalized spacial score (nSPS) is 17.4. The fourth-order valence-electron chi connectivity index (χ4n) is 1.73. The van der Waals surface area contributed by atoms with E-state index < -0.39 is 5.82 Å². The summed E-state index contributed by atoms with van der Waals surface area (Å²) in [4.78, 5) is 8.10. The second-order valence-electron chi connectivity index (χ2n) is 4.08. The molecule has 0 aromatic carbocycles. The zero-order chi connectivity index (χ0) is 11.7. The molecule has 16 heavy (non-hydrogen) atoms. The number of rotatable bonds is 4. The summed E-state index contributed by atoms with van der Waals surface area (Å²) in [6.45, 7) is 4.11. The van der Waals surface area contributed by atoms with Gasteiger partial charge in [0.05, 0.1) is 5.69 Å². The molecule has 1 atom stereocenters. The summed E-state index contributed by atoms with van der Waals surface area (Å²) < 4.78 is 18.9. The topological polar surface area (TPSA) is 61.0 Å². The molecule has 0 aliphatic heterocycles. The molecule has 0 bridgehead atoms. The lowest BCUT2D eigenvalue weighted by Crippen LogP contribution is -2.14. The van der Waals surface area contributed by atoms with Crippen LogP contribution in [0.2, 0.25) is 0 Å². The lowest BCUT2D eigenvalue weighted by atomic mass is 10.2. The fraction of sp³-hybridized carbons (Fsp3) is 0.636. The van der Waals surface area contributed by atoms with Crippen molar-refractivity contribution in [2.75, 3.05) is 12.3 Å². The van der Waals surface area contributed by atoms with Crippen LogP contribution in [0.3, 0.4) is 0 Å². The number of halogens is 1. The van der Waals surface area contributed by atoms with E-state index in [0.717, 1.165) is 12.8 Å². The van der Waals surface area contributed by atoms with Crippen LogP contribution in [0.1, 0.15) is 37.4 Å². The Balaban J connectivity index is 2.30. The summed E-state index contributed by atoms with van der Waals surface area (Å²) in [6.07, 6.45) is 2.10. The average molecular weight is 225 g/mol. The molecule has 1 aromatic rings. The second-order valence-corrected chi connectivity index (χ2v) is 4.08. The van der Waals surface area contributed by atoms with Crippen molar-refractivity contribution in [2.24, 2.45) is 5.92 Å². The first-order valence-corrected chi connectivity index (χ1v) is 5.54. The molecule has 0 radical (unpaired) electrons. The van der Waals surface area contributed by atoms with Gasteiger partial charge in [0.2, 0.25) is 0 Å². The van der Waals surface area contributed by atoms with Gasteiger partial charge in [-0.05, 0) is 32.6 Å². The Morgan fingerprint density at radius 2 is 2.19 bits per heavy atom. The first-order chi connectivity index (χ1) is 7.63. The van der Waals surface area contributed by atoms with Crippen LogP contribution in [0.25, 0.3) is 0 Å². The highest BCUT2D eigenvalue weighted by molar-refractivity contribution is 5.32. The van der Waals surface area contributed by atoms with Crippen molar-refractivity contribution in [2.45, 2.75) is 32.8 Å². The van der Waals surface area contributed by atoms with Gasteiger partial charge in [0.1, 0.15) is 6.10 Å². The van der Waals surface area contributed by atoms with E-state index in [-0.39, 0.29) is 17.6 Å². The third-order valence-electron chi connectivity index (χ3n) is 2.71. The zero-order valence-electron chi connectivity index (χ0n) is 9.53. The van der Waals surface area contributed by atoms with Crippen LogP contribution in [-0.2, 0) is 4.74 Å². The van der Waals surface area contributed by atoms with E-state index in [9.17, 15) is 4.39 Å². The lowest BCUT2D eigenvalue weighted by molar-refractivity contribution is 0.0399. The number of nitrogens with zero attached hydrogens (tertiary/aromatic N) is 2. The van der Waals surface area contributed by atoms with Crippen molar-refractivity contribution in [1.82, 2.24) is 9.97 Å². The SMILES string of the molecule is CCOC(c1nc(C)c(F)c(N)n1)C1CC1. The van der Waals surface area contributed by atoms with Crippen molar-refractivity contribution >= 4 is 5.82 Å². The molecule has 0 amide bonds. The molecular weight excluding hydrogens is 209 g/mol. The van der Waals surface area contributed by atoms with Crippen molar-refractivity contribution in [3.05, 3.63) is 17.3 Å². The predicted molar refractivity (Wildman–Crippen MR) is 58.2 cm³/mol. The van der Waals surface area contributed by atoms with Crippen molar-refractivity contribution in [3.63, 3.8) is 0 Å². The summed E-state index contributed by atoms with van der Waals surface area (Å²) >= 11 is 0. The van der Waals surface area contributed by atoms with Crippen LogP contribution in [0.4, 0.5) is 10.2 Å². The van der Waals surface area contributed by atoms with Crippen LogP contribution in [0.5, 0.6) is 0 Å². The molecule has 0 saturated heterocycles. The van der Waals surface area contributed by atoms with E-state index in [2.05, 4.69) is 9.97 Å². The molecule has 1 saturated carbocycles. The van der Waals surface area contributed by atoms with Gasteiger partial charge in [-0.1, -0.05) is 0 Å². The highest BCUT2D eigenvalue weighted by Crippen LogP contribution is 2.42. The van der Waals surface area contributed by atoms with E-state index in [0.29, 0.717) is 18.3 Å². The maximum Gasteiger partial charge on any atom is 0.186 e. The number of nitrogen functional groups attached to an aromatic ring is 1. The Hall–Kier alpha value is -1.23. The van der Waals surface area contributed by atoms with Crippen LogP contribution in [0, 0.1) is 18.7 Å². The van der Waals surface area contributed by atoms with Gasteiger partial charge in [0.15, 0.2) is 17.5 Å². The first kappa shape index (κ1) is 11.3. The quantitative estimate of drug-likeness (QED) is 0.851. The molecule has 1 unspecified atom stereocenters. The molecule has 1 aromatic heterocycles. The summed E-state index contributed by atoms with van der Waals surface area (Å²) in [5.74, 6) is 0.354.